The number of rotatable bonds is 6. The number of nitrogens with one attached hydrogen (secondary N) is 1. The summed E-state index contributed by atoms with van der Waals surface area (Å²) < 4.78 is 10.5. The third-order valence-electron chi connectivity index (χ3n) is 5.63. The molecule has 0 unspecified atom stereocenters. The summed E-state index contributed by atoms with van der Waals surface area (Å²) >= 11 is 0. The Morgan fingerprint density at radius 2 is 1.77 bits per heavy atom. The highest BCUT2D eigenvalue weighted by Gasteiger charge is 2.21. The molecule has 0 atom stereocenters. The smallest absolute Gasteiger partial charge is 0.227 e. The number of H-pyrrole nitrogens is 1. The van der Waals surface area contributed by atoms with Crippen molar-refractivity contribution in [3.63, 3.8) is 0 Å². The molecule has 0 aliphatic carbocycles. The van der Waals surface area contributed by atoms with E-state index >= 15 is 0 Å². The van der Waals surface area contributed by atoms with E-state index in [1.807, 2.05) is 53.4 Å². The van der Waals surface area contributed by atoms with Crippen molar-refractivity contribution in [1.82, 2.24) is 15.1 Å². The van der Waals surface area contributed by atoms with Crippen molar-refractivity contribution in [2.24, 2.45) is 0 Å². The normalized spacial score (nSPS) is 14.3. The number of methoxy groups -OCH3 is 2. The highest BCUT2D eigenvalue weighted by molar-refractivity contribution is 5.79. The lowest BCUT2D eigenvalue weighted by Crippen LogP contribution is -2.36. The fraction of sp³-hybridized carbons (Fsp3) is 0.333. The highest BCUT2D eigenvalue weighted by Crippen LogP contribution is 2.25. The Morgan fingerprint density at radius 3 is 2.55 bits per heavy atom. The van der Waals surface area contributed by atoms with Gasteiger partial charge in [-0.3, -0.25) is 9.89 Å². The predicted molar refractivity (Wildman–Crippen MR) is 121 cm³/mol. The average Bonchev–Trinajstić information content (AvgIpc) is 3.17. The van der Waals surface area contributed by atoms with E-state index in [4.69, 9.17) is 9.47 Å². The van der Waals surface area contributed by atoms with Crippen LogP contribution in [0.1, 0.15) is 12.0 Å². The van der Waals surface area contributed by atoms with Gasteiger partial charge in [0, 0.05) is 32.2 Å². The summed E-state index contributed by atoms with van der Waals surface area (Å²) in [4.78, 5) is 17.0. The van der Waals surface area contributed by atoms with Crippen LogP contribution in [0.2, 0.25) is 0 Å². The van der Waals surface area contributed by atoms with E-state index in [1.165, 1.54) is 0 Å². The van der Waals surface area contributed by atoms with Gasteiger partial charge in [-0.15, -0.1) is 0 Å². The molecule has 0 saturated carbocycles. The van der Waals surface area contributed by atoms with Crippen LogP contribution in [-0.4, -0.2) is 61.4 Å². The molecule has 7 heteroatoms. The second kappa shape index (κ2) is 9.55. The Labute approximate surface area is 182 Å². The van der Waals surface area contributed by atoms with Crippen molar-refractivity contribution in [3.05, 3.63) is 60.2 Å². The SMILES string of the molecule is COc1ccc(-c2cc(N3CCCN(C(=O)Cc4cccc(OC)c4)CC3)n[nH]2)cc1. The lowest BCUT2D eigenvalue weighted by Gasteiger charge is -2.22. The van der Waals surface area contributed by atoms with Crippen molar-refractivity contribution in [1.29, 1.82) is 0 Å². The Hall–Kier alpha value is -3.48. The number of carbonyl (C=O) groups is 1. The minimum atomic E-state index is 0.149. The molecular weight excluding hydrogens is 392 g/mol. The van der Waals surface area contributed by atoms with Crippen molar-refractivity contribution in [2.45, 2.75) is 12.8 Å². The molecule has 31 heavy (non-hydrogen) atoms. The topological polar surface area (TPSA) is 70.7 Å². The van der Waals surface area contributed by atoms with Crippen LogP contribution in [0.25, 0.3) is 11.3 Å². The Morgan fingerprint density at radius 1 is 0.968 bits per heavy atom. The summed E-state index contributed by atoms with van der Waals surface area (Å²) in [7, 11) is 3.30. The molecule has 1 aliphatic rings. The molecule has 1 aromatic heterocycles. The number of ether oxygens (including phenoxy) is 2. The number of nitrogens with zero attached hydrogens (tertiary/aromatic N) is 3. The van der Waals surface area contributed by atoms with Crippen LogP contribution in [0, 0.1) is 0 Å². The lowest BCUT2D eigenvalue weighted by molar-refractivity contribution is -0.130. The maximum atomic E-state index is 12.8. The molecule has 0 spiro atoms. The number of amides is 1. The molecule has 7 nitrogen and oxygen atoms in total. The quantitative estimate of drug-likeness (QED) is 0.662. The van der Waals surface area contributed by atoms with Gasteiger partial charge in [-0.2, -0.15) is 5.10 Å². The van der Waals surface area contributed by atoms with Crippen molar-refractivity contribution in [3.8, 4) is 22.8 Å². The van der Waals surface area contributed by atoms with Gasteiger partial charge >= 0.3 is 0 Å². The van der Waals surface area contributed by atoms with Gasteiger partial charge < -0.3 is 19.3 Å². The number of benzene rings is 2. The average molecular weight is 421 g/mol. The highest BCUT2D eigenvalue weighted by atomic mass is 16.5. The fourth-order valence-corrected chi connectivity index (χ4v) is 3.86. The third-order valence-corrected chi connectivity index (χ3v) is 5.63. The molecule has 0 bridgehead atoms. The van der Waals surface area contributed by atoms with Crippen LogP contribution in [0.5, 0.6) is 11.5 Å². The van der Waals surface area contributed by atoms with Gasteiger partial charge in [-0.05, 0) is 53.9 Å². The van der Waals surface area contributed by atoms with Crippen LogP contribution in [0.3, 0.4) is 0 Å². The molecular formula is C24H28N4O3. The number of hydrogen-bond donors (Lipinski definition) is 1. The standard InChI is InChI=1S/C24H28N4O3/c1-30-20-9-7-19(8-10-20)22-17-23(26-25-22)27-11-4-12-28(14-13-27)24(29)16-18-5-3-6-21(15-18)31-2/h3,5-10,15,17H,4,11-14,16H2,1-2H3,(H,25,26). The zero-order chi connectivity index (χ0) is 21.6. The summed E-state index contributed by atoms with van der Waals surface area (Å²) in [5, 5.41) is 7.64. The monoisotopic (exact) mass is 420 g/mol. The Balaban J connectivity index is 1.37. The summed E-state index contributed by atoms with van der Waals surface area (Å²) in [5.74, 6) is 2.66. The van der Waals surface area contributed by atoms with Crippen LogP contribution < -0.4 is 14.4 Å². The van der Waals surface area contributed by atoms with E-state index in [-0.39, 0.29) is 5.91 Å². The molecule has 2 heterocycles. The van der Waals surface area contributed by atoms with Gasteiger partial charge in [0.2, 0.25) is 5.91 Å². The van der Waals surface area contributed by atoms with Gasteiger partial charge in [0.25, 0.3) is 0 Å². The molecule has 1 saturated heterocycles. The summed E-state index contributed by atoms with van der Waals surface area (Å²) in [5.41, 5.74) is 3.00. The summed E-state index contributed by atoms with van der Waals surface area (Å²) in [6.07, 6.45) is 1.30. The van der Waals surface area contributed by atoms with Gasteiger partial charge in [0.05, 0.1) is 26.3 Å². The summed E-state index contributed by atoms with van der Waals surface area (Å²) in [6, 6.07) is 17.7. The van der Waals surface area contributed by atoms with Gasteiger partial charge in [-0.1, -0.05) is 12.1 Å². The number of carbonyl (C=O) groups excluding carboxylic acids is 1. The van der Waals surface area contributed by atoms with Crippen LogP contribution in [0.15, 0.2) is 54.6 Å². The van der Waals surface area contributed by atoms with E-state index in [9.17, 15) is 4.79 Å². The number of hydrogen-bond acceptors (Lipinski definition) is 5. The molecule has 3 aromatic rings. The summed E-state index contributed by atoms with van der Waals surface area (Å²) in [6.45, 7) is 3.08. The largest absolute Gasteiger partial charge is 0.497 e. The van der Waals surface area contributed by atoms with Crippen molar-refractivity contribution >= 4 is 11.7 Å². The molecule has 0 radical (unpaired) electrons. The van der Waals surface area contributed by atoms with E-state index in [1.54, 1.807) is 14.2 Å². The van der Waals surface area contributed by atoms with E-state index in [2.05, 4.69) is 21.2 Å². The molecule has 1 N–H and O–H groups in total. The first kappa shape index (κ1) is 20.8. The van der Waals surface area contributed by atoms with Gasteiger partial charge in [0.1, 0.15) is 11.5 Å². The lowest BCUT2D eigenvalue weighted by atomic mass is 10.1. The Bertz CT molecular complexity index is 1020. The fourth-order valence-electron chi connectivity index (χ4n) is 3.86. The first-order chi connectivity index (χ1) is 15.2. The molecule has 1 amide bonds. The first-order valence-electron chi connectivity index (χ1n) is 10.5. The predicted octanol–water partition coefficient (Wildman–Crippen LogP) is 3.38. The third kappa shape index (κ3) is 4.99. The molecule has 1 aliphatic heterocycles. The number of aromatic amines is 1. The van der Waals surface area contributed by atoms with E-state index < -0.39 is 0 Å². The Kier molecular flexibility index (Phi) is 6.40. The first-order valence-corrected chi connectivity index (χ1v) is 10.5. The number of aromatic nitrogens is 2. The second-order valence-electron chi connectivity index (χ2n) is 7.62. The van der Waals surface area contributed by atoms with E-state index in [0.717, 1.165) is 60.2 Å². The molecule has 2 aromatic carbocycles. The minimum Gasteiger partial charge on any atom is -0.497 e. The van der Waals surface area contributed by atoms with Crippen LogP contribution in [-0.2, 0) is 11.2 Å². The van der Waals surface area contributed by atoms with Crippen molar-refractivity contribution in [2.75, 3.05) is 45.3 Å². The molecule has 1 fully saturated rings. The van der Waals surface area contributed by atoms with Gasteiger partial charge in [0.15, 0.2) is 5.82 Å². The maximum Gasteiger partial charge on any atom is 0.227 e. The second-order valence-corrected chi connectivity index (χ2v) is 7.62. The molecule has 4 rings (SSSR count). The zero-order valence-electron chi connectivity index (χ0n) is 18.0. The number of anilines is 1. The van der Waals surface area contributed by atoms with Crippen molar-refractivity contribution < 1.29 is 14.3 Å². The zero-order valence-corrected chi connectivity index (χ0v) is 18.0. The van der Waals surface area contributed by atoms with Gasteiger partial charge in [-0.25, -0.2) is 0 Å². The molecule has 162 valence electrons. The van der Waals surface area contributed by atoms with Crippen LogP contribution in [0.4, 0.5) is 5.82 Å². The minimum absolute atomic E-state index is 0.149. The maximum absolute atomic E-state index is 12.8. The van der Waals surface area contributed by atoms with Crippen LogP contribution >= 0.6 is 0 Å². The van der Waals surface area contributed by atoms with E-state index in [0.29, 0.717) is 13.0 Å².